The molecule has 0 amide bonds. The second-order valence-electron chi connectivity index (χ2n) is 5.86. The minimum atomic E-state index is -0.452. The Hall–Kier alpha value is -2.10. The fraction of sp³-hybridized carbons (Fsp3) is 0.222. The molecule has 1 aromatic heterocycles. The lowest BCUT2D eigenvalue weighted by Crippen LogP contribution is -2.11. The largest absolute Gasteiger partial charge is 0.496 e. The van der Waals surface area contributed by atoms with Crippen LogP contribution >= 0.6 is 39.3 Å². The summed E-state index contributed by atoms with van der Waals surface area (Å²) in [5.41, 5.74) is 1.63. The van der Waals surface area contributed by atoms with Crippen LogP contribution in [0.25, 0.3) is 5.69 Å². The van der Waals surface area contributed by atoms with Gasteiger partial charge in [-0.15, -0.1) is 10.2 Å². The number of nitro groups is 1. The molecule has 0 aliphatic rings. The second kappa shape index (κ2) is 8.93. The van der Waals surface area contributed by atoms with E-state index in [1.165, 1.54) is 11.8 Å². The van der Waals surface area contributed by atoms with E-state index in [2.05, 4.69) is 26.1 Å². The summed E-state index contributed by atoms with van der Waals surface area (Å²) in [4.78, 5) is 10.9. The Balaban J connectivity index is 1.97. The molecule has 0 N–H and O–H groups in total. The predicted octanol–water partition coefficient (Wildman–Crippen LogP) is 5.11. The van der Waals surface area contributed by atoms with Crippen LogP contribution in [0.4, 0.5) is 0 Å². The minimum absolute atomic E-state index is 0.254. The summed E-state index contributed by atoms with van der Waals surface area (Å²) in [6, 6.07) is 12.7. The number of thioether (sulfide) groups is 1. The number of benzene rings is 2. The monoisotopic (exact) mass is 482 g/mol. The molecule has 10 heteroatoms. The molecular formula is C18H16BrClN4O3S. The molecule has 7 nitrogen and oxygen atoms in total. The molecule has 0 aliphatic carbocycles. The van der Waals surface area contributed by atoms with Crippen LogP contribution in [0.5, 0.6) is 5.75 Å². The fourth-order valence-corrected chi connectivity index (χ4v) is 4.51. The van der Waals surface area contributed by atoms with Gasteiger partial charge >= 0.3 is 0 Å². The summed E-state index contributed by atoms with van der Waals surface area (Å²) in [7, 11) is 1.57. The van der Waals surface area contributed by atoms with Crippen molar-refractivity contribution < 1.29 is 9.66 Å². The van der Waals surface area contributed by atoms with Gasteiger partial charge < -0.3 is 4.74 Å². The molecule has 0 bridgehead atoms. The number of halogens is 2. The van der Waals surface area contributed by atoms with E-state index in [0.717, 1.165) is 15.7 Å². The van der Waals surface area contributed by atoms with Crippen LogP contribution in [0.1, 0.15) is 16.6 Å². The van der Waals surface area contributed by atoms with Gasteiger partial charge in [0.15, 0.2) is 5.16 Å². The van der Waals surface area contributed by atoms with Crippen molar-refractivity contribution >= 4 is 39.3 Å². The maximum Gasteiger partial charge on any atom is 0.220 e. The molecule has 28 heavy (non-hydrogen) atoms. The normalized spacial score (nSPS) is 12.0. The highest BCUT2D eigenvalue weighted by Crippen LogP contribution is 2.38. The van der Waals surface area contributed by atoms with Crippen molar-refractivity contribution in [3.63, 3.8) is 0 Å². The summed E-state index contributed by atoms with van der Waals surface area (Å²) >= 11 is 10.7. The zero-order valence-corrected chi connectivity index (χ0v) is 18.2. The number of aryl methyl sites for hydroxylation is 1. The van der Waals surface area contributed by atoms with Gasteiger partial charge in [-0.1, -0.05) is 29.4 Å². The SMILES string of the molecule is COc1ccc([C@H](C[N+](=O)[O-])Sc2nnc(C)n2-c2ccc(Cl)cc2)cc1Br. The number of hydrogen-bond acceptors (Lipinski definition) is 6. The number of methoxy groups -OCH3 is 1. The number of rotatable bonds is 7. The molecular weight excluding hydrogens is 468 g/mol. The first-order valence-corrected chi connectivity index (χ1v) is 10.2. The highest BCUT2D eigenvalue weighted by Gasteiger charge is 2.24. The van der Waals surface area contributed by atoms with Crippen molar-refractivity contribution in [2.45, 2.75) is 17.3 Å². The first-order valence-electron chi connectivity index (χ1n) is 8.19. The summed E-state index contributed by atoms with van der Waals surface area (Å²) < 4.78 is 7.83. The molecule has 0 spiro atoms. The van der Waals surface area contributed by atoms with Crippen molar-refractivity contribution in [3.8, 4) is 11.4 Å². The standard InChI is InChI=1S/C18H16BrClN4O3S/c1-11-21-22-18(24(11)14-6-4-13(20)5-7-14)28-17(10-23(25)26)12-3-8-16(27-2)15(19)9-12/h3-9,17H,10H2,1-2H3/t17-/m0/s1. The molecule has 3 rings (SSSR count). The number of aromatic nitrogens is 3. The molecule has 0 fully saturated rings. The zero-order valence-electron chi connectivity index (χ0n) is 15.0. The van der Waals surface area contributed by atoms with Crippen LogP contribution in [0, 0.1) is 17.0 Å². The van der Waals surface area contributed by atoms with E-state index < -0.39 is 5.25 Å². The van der Waals surface area contributed by atoms with Gasteiger partial charge in [-0.05, 0) is 64.8 Å². The Bertz CT molecular complexity index is 997. The molecule has 0 saturated carbocycles. The topological polar surface area (TPSA) is 83.1 Å². The Morgan fingerprint density at radius 2 is 2.00 bits per heavy atom. The summed E-state index contributed by atoms with van der Waals surface area (Å²) in [5.74, 6) is 1.34. The molecule has 0 saturated heterocycles. The van der Waals surface area contributed by atoms with E-state index in [0.29, 0.717) is 21.8 Å². The van der Waals surface area contributed by atoms with Crippen molar-refractivity contribution in [2.24, 2.45) is 0 Å². The summed E-state index contributed by atoms with van der Waals surface area (Å²) in [6.45, 7) is 1.58. The lowest BCUT2D eigenvalue weighted by atomic mass is 10.1. The van der Waals surface area contributed by atoms with E-state index >= 15 is 0 Å². The van der Waals surface area contributed by atoms with E-state index in [4.69, 9.17) is 16.3 Å². The number of ether oxygens (including phenoxy) is 1. The van der Waals surface area contributed by atoms with Gasteiger partial charge in [0.1, 0.15) is 16.8 Å². The van der Waals surface area contributed by atoms with Crippen LogP contribution in [-0.4, -0.2) is 33.3 Å². The van der Waals surface area contributed by atoms with Gasteiger partial charge in [0, 0.05) is 15.6 Å². The molecule has 0 radical (unpaired) electrons. The first-order chi connectivity index (χ1) is 13.4. The molecule has 1 atom stereocenters. The van der Waals surface area contributed by atoms with Crippen LogP contribution < -0.4 is 4.74 Å². The predicted molar refractivity (Wildman–Crippen MR) is 112 cm³/mol. The Morgan fingerprint density at radius 1 is 1.29 bits per heavy atom. The van der Waals surface area contributed by atoms with Gasteiger partial charge in [-0.25, -0.2) is 0 Å². The Labute approximate surface area is 179 Å². The van der Waals surface area contributed by atoms with Gasteiger partial charge in [0.05, 0.1) is 11.6 Å². The van der Waals surface area contributed by atoms with Gasteiger partial charge in [0.2, 0.25) is 6.54 Å². The molecule has 0 aliphatic heterocycles. The van der Waals surface area contributed by atoms with E-state index in [9.17, 15) is 10.1 Å². The van der Waals surface area contributed by atoms with Crippen LogP contribution in [0.2, 0.25) is 5.02 Å². The highest BCUT2D eigenvalue weighted by atomic mass is 79.9. The van der Waals surface area contributed by atoms with Crippen molar-refractivity contribution in [3.05, 3.63) is 73.5 Å². The van der Waals surface area contributed by atoms with Crippen molar-refractivity contribution in [2.75, 3.05) is 13.7 Å². The highest BCUT2D eigenvalue weighted by molar-refractivity contribution is 9.10. The molecule has 3 aromatic rings. The van der Waals surface area contributed by atoms with Gasteiger partial charge in [-0.3, -0.25) is 14.7 Å². The lowest BCUT2D eigenvalue weighted by molar-refractivity contribution is -0.479. The second-order valence-corrected chi connectivity index (χ2v) is 8.32. The molecule has 1 heterocycles. The molecule has 2 aromatic carbocycles. The van der Waals surface area contributed by atoms with E-state index in [1.807, 2.05) is 35.8 Å². The average molecular weight is 484 g/mol. The van der Waals surface area contributed by atoms with E-state index in [1.54, 1.807) is 25.3 Å². The Kier molecular flexibility index (Phi) is 6.58. The molecule has 146 valence electrons. The van der Waals surface area contributed by atoms with Crippen LogP contribution in [0.3, 0.4) is 0 Å². The third-order valence-electron chi connectivity index (χ3n) is 3.99. The lowest BCUT2D eigenvalue weighted by Gasteiger charge is -2.15. The van der Waals surface area contributed by atoms with Gasteiger partial charge in [0.25, 0.3) is 0 Å². The van der Waals surface area contributed by atoms with Crippen LogP contribution in [-0.2, 0) is 0 Å². The van der Waals surface area contributed by atoms with Crippen molar-refractivity contribution in [1.29, 1.82) is 0 Å². The molecule has 0 unspecified atom stereocenters. The van der Waals surface area contributed by atoms with Crippen LogP contribution in [0.15, 0.2) is 52.1 Å². The van der Waals surface area contributed by atoms with Gasteiger partial charge in [-0.2, -0.15) is 0 Å². The Morgan fingerprint density at radius 3 is 2.61 bits per heavy atom. The maximum absolute atomic E-state index is 11.3. The maximum atomic E-state index is 11.3. The quantitative estimate of drug-likeness (QED) is 0.264. The summed E-state index contributed by atoms with van der Waals surface area (Å²) in [6.07, 6.45) is 0. The number of hydrogen-bond donors (Lipinski definition) is 0. The third kappa shape index (κ3) is 4.65. The zero-order chi connectivity index (χ0) is 20.3. The first kappa shape index (κ1) is 20.6. The summed E-state index contributed by atoms with van der Waals surface area (Å²) in [5, 5.41) is 20.4. The third-order valence-corrected chi connectivity index (χ3v) is 6.04. The fourth-order valence-electron chi connectivity index (χ4n) is 2.66. The minimum Gasteiger partial charge on any atom is -0.496 e. The van der Waals surface area contributed by atoms with E-state index in [-0.39, 0.29) is 11.5 Å². The smallest absolute Gasteiger partial charge is 0.220 e. The van der Waals surface area contributed by atoms with Crippen molar-refractivity contribution in [1.82, 2.24) is 14.8 Å². The average Bonchev–Trinajstić information content (AvgIpc) is 3.02. The number of nitrogens with zero attached hydrogens (tertiary/aromatic N) is 4.